The number of carbonyl (C=O) groups is 2. The van der Waals surface area contributed by atoms with Crippen molar-refractivity contribution in [2.24, 2.45) is 10.1 Å². The molecule has 1 amide bonds. The van der Waals surface area contributed by atoms with Crippen LogP contribution in [0, 0.1) is 0 Å². The van der Waals surface area contributed by atoms with E-state index in [0.29, 0.717) is 21.4 Å². The highest BCUT2D eigenvalue weighted by molar-refractivity contribution is 8.13. The molecule has 4 rings (SSSR count). The van der Waals surface area contributed by atoms with Crippen molar-refractivity contribution in [3.05, 3.63) is 70.2 Å². The largest absolute Gasteiger partial charge is 0.478 e. The van der Waals surface area contributed by atoms with Crippen LogP contribution < -0.4 is 15.9 Å². The molecule has 1 unspecified atom stereocenters. The summed E-state index contributed by atoms with van der Waals surface area (Å²) < 4.78 is 0. The zero-order chi connectivity index (χ0) is 18.3. The van der Waals surface area contributed by atoms with Gasteiger partial charge in [-0.05, 0) is 30.0 Å². The van der Waals surface area contributed by atoms with Gasteiger partial charge in [-0.2, -0.15) is 0 Å². The summed E-state index contributed by atoms with van der Waals surface area (Å²) in [6.45, 7) is 0. The van der Waals surface area contributed by atoms with E-state index in [0.717, 1.165) is 5.56 Å². The molecule has 0 radical (unpaired) electrons. The van der Waals surface area contributed by atoms with Gasteiger partial charge >= 0.3 is 5.97 Å². The zero-order valence-electron chi connectivity index (χ0n) is 13.7. The van der Waals surface area contributed by atoms with Crippen LogP contribution in [0.25, 0.3) is 5.70 Å². The summed E-state index contributed by atoms with van der Waals surface area (Å²) in [5, 5.41) is 19.9. The lowest BCUT2D eigenvalue weighted by atomic mass is 10.1. The second-order valence-corrected chi connectivity index (χ2v) is 6.50. The normalized spacial score (nSPS) is 18.3. The number of carboxylic acid groups (broad SMARTS) is 1. The van der Waals surface area contributed by atoms with Crippen molar-refractivity contribution in [2.75, 3.05) is 6.26 Å². The van der Waals surface area contributed by atoms with Gasteiger partial charge in [0.05, 0.1) is 10.9 Å². The van der Waals surface area contributed by atoms with Crippen LogP contribution in [0.2, 0.25) is 0 Å². The number of carbonyl (C=O) groups excluding carboxylic acids is 1. The first-order valence-electron chi connectivity index (χ1n) is 7.82. The first-order valence-corrected chi connectivity index (χ1v) is 9.04. The molecule has 2 aromatic rings. The molecule has 0 aliphatic carbocycles. The fraction of sp³-hybridized carbons (Fsp3) is 0.111. The standard InChI is InChI=1S/C18H14N4O3S/c1-26-18-20-16(23)14-12-4-2-3-5-13(12)19-15(22(14)21-18)10-6-8-11(9-7-10)17(24)25/h2-9,15H,1H3,(H,24,25)(H,20,21,23). The Kier molecular flexibility index (Phi) is 3.96. The number of amides is 1. The van der Waals surface area contributed by atoms with Gasteiger partial charge < -0.3 is 5.11 Å². The quantitative estimate of drug-likeness (QED) is 0.823. The predicted octanol–water partition coefficient (Wildman–Crippen LogP) is 0.891. The van der Waals surface area contributed by atoms with E-state index in [4.69, 9.17) is 10.1 Å². The van der Waals surface area contributed by atoms with Gasteiger partial charge in [-0.1, -0.05) is 42.1 Å². The lowest BCUT2D eigenvalue weighted by Gasteiger charge is -2.33. The molecule has 2 N–H and O–H groups in total. The van der Waals surface area contributed by atoms with Crippen molar-refractivity contribution in [3.63, 3.8) is 0 Å². The molecular weight excluding hydrogens is 352 g/mol. The summed E-state index contributed by atoms with van der Waals surface area (Å²) >= 11 is 1.33. The van der Waals surface area contributed by atoms with Crippen molar-refractivity contribution in [1.82, 2.24) is 10.3 Å². The molecule has 2 aliphatic heterocycles. The highest BCUT2D eigenvalue weighted by Crippen LogP contribution is 2.30. The van der Waals surface area contributed by atoms with Gasteiger partial charge in [-0.15, -0.1) is 5.10 Å². The monoisotopic (exact) mass is 366 g/mol. The fourth-order valence-corrected chi connectivity index (χ4v) is 3.30. The van der Waals surface area contributed by atoms with E-state index >= 15 is 0 Å². The van der Waals surface area contributed by atoms with E-state index in [1.165, 1.54) is 23.9 Å². The van der Waals surface area contributed by atoms with Crippen molar-refractivity contribution >= 4 is 34.5 Å². The van der Waals surface area contributed by atoms with Crippen LogP contribution >= 0.6 is 11.8 Å². The molecule has 8 heteroatoms. The molecule has 2 aliphatic rings. The van der Waals surface area contributed by atoms with Gasteiger partial charge in [-0.25, -0.2) is 9.80 Å². The number of thioether (sulfide) groups is 1. The number of para-hydroxylation sites is 1. The number of carboxylic acids is 1. The van der Waals surface area contributed by atoms with E-state index < -0.39 is 12.1 Å². The lowest BCUT2D eigenvalue weighted by molar-refractivity contribution is -0.116. The van der Waals surface area contributed by atoms with E-state index in [1.54, 1.807) is 17.1 Å². The van der Waals surface area contributed by atoms with Gasteiger partial charge in [0.25, 0.3) is 5.91 Å². The highest BCUT2D eigenvalue weighted by Gasteiger charge is 2.34. The van der Waals surface area contributed by atoms with Crippen molar-refractivity contribution in [1.29, 1.82) is 0 Å². The van der Waals surface area contributed by atoms with Gasteiger partial charge in [0.1, 0.15) is 5.70 Å². The third kappa shape index (κ3) is 2.64. The summed E-state index contributed by atoms with van der Waals surface area (Å²) in [7, 11) is 0. The molecule has 0 saturated heterocycles. The summed E-state index contributed by atoms with van der Waals surface area (Å²) in [5.41, 5.74) is 1.38. The number of rotatable bonds is 2. The smallest absolute Gasteiger partial charge is 0.335 e. The Hall–Kier alpha value is -3.13. The second-order valence-electron chi connectivity index (χ2n) is 5.70. The minimum atomic E-state index is -0.991. The van der Waals surface area contributed by atoms with Crippen molar-refractivity contribution < 1.29 is 14.7 Å². The van der Waals surface area contributed by atoms with E-state index in [-0.39, 0.29) is 11.5 Å². The molecule has 130 valence electrons. The number of amidine groups is 1. The fourth-order valence-electron chi connectivity index (χ4n) is 2.93. The summed E-state index contributed by atoms with van der Waals surface area (Å²) in [5.74, 6) is -1.23. The SMILES string of the molecule is CSC1=NN2C(=c3ccccc3=NC2c2ccc(C(=O)O)cc2)C(=O)N1. The molecule has 0 bridgehead atoms. The Morgan fingerprint density at radius 3 is 2.62 bits per heavy atom. The summed E-state index contributed by atoms with van der Waals surface area (Å²) in [6, 6.07) is 13.8. The van der Waals surface area contributed by atoms with Crippen LogP contribution in [-0.2, 0) is 4.79 Å². The Labute approximate surface area is 152 Å². The minimum Gasteiger partial charge on any atom is -0.478 e. The number of benzene rings is 2. The number of nitrogens with zero attached hydrogens (tertiary/aromatic N) is 3. The first-order chi connectivity index (χ1) is 12.6. The van der Waals surface area contributed by atoms with E-state index in [2.05, 4.69) is 10.4 Å². The molecule has 2 heterocycles. The second kappa shape index (κ2) is 6.30. The Morgan fingerprint density at radius 2 is 1.92 bits per heavy atom. The van der Waals surface area contributed by atoms with Crippen LogP contribution in [0.1, 0.15) is 22.1 Å². The molecular formula is C18H14N4O3S. The average molecular weight is 366 g/mol. The predicted molar refractivity (Wildman–Crippen MR) is 97.7 cm³/mol. The Bertz CT molecular complexity index is 1060. The highest BCUT2D eigenvalue weighted by atomic mass is 32.2. The Morgan fingerprint density at radius 1 is 1.19 bits per heavy atom. The third-order valence-electron chi connectivity index (χ3n) is 4.16. The van der Waals surface area contributed by atoms with Gasteiger partial charge in [-0.3, -0.25) is 15.1 Å². The third-order valence-corrected chi connectivity index (χ3v) is 4.73. The molecule has 26 heavy (non-hydrogen) atoms. The van der Waals surface area contributed by atoms with Gasteiger partial charge in [0.15, 0.2) is 11.3 Å². The number of fused-ring (bicyclic) bond motifs is 2. The maximum Gasteiger partial charge on any atom is 0.335 e. The van der Waals surface area contributed by atoms with E-state index in [9.17, 15) is 9.59 Å². The molecule has 0 saturated carbocycles. The number of aromatic carboxylic acids is 1. The van der Waals surface area contributed by atoms with Crippen LogP contribution in [0.15, 0.2) is 58.6 Å². The van der Waals surface area contributed by atoms with Crippen LogP contribution in [0.5, 0.6) is 0 Å². The topological polar surface area (TPSA) is 94.4 Å². The number of hydrazone groups is 1. The number of nitrogens with one attached hydrogen (secondary N) is 1. The first kappa shape index (κ1) is 16.3. The molecule has 2 aromatic carbocycles. The summed E-state index contributed by atoms with van der Waals surface area (Å²) in [4.78, 5) is 28.5. The van der Waals surface area contributed by atoms with Crippen LogP contribution in [0.3, 0.4) is 0 Å². The minimum absolute atomic E-state index is 0.193. The van der Waals surface area contributed by atoms with E-state index in [1.807, 2.05) is 30.5 Å². The molecule has 7 nitrogen and oxygen atoms in total. The lowest BCUT2D eigenvalue weighted by Crippen LogP contribution is -2.50. The Balaban J connectivity index is 1.91. The van der Waals surface area contributed by atoms with Crippen LogP contribution in [0.4, 0.5) is 0 Å². The molecule has 0 fully saturated rings. The number of hydrogen-bond donors (Lipinski definition) is 2. The number of hydrogen-bond acceptors (Lipinski definition) is 6. The molecule has 0 spiro atoms. The van der Waals surface area contributed by atoms with Crippen LogP contribution in [-0.4, -0.2) is 33.4 Å². The molecule has 0 aromatic heterocycles. The maximum atomic E-state index is 12.7. The van der Waals surface area contributed by atoms with Gasteiger partial charge in [0, 0.05) is 5.22 Å². The van der Waals surface area contributed by atoms with Gasteiger partial charge in [0.2, 0.25) is 0 Å². The maximum absolute atomic E-state index is 12.7. The van der Waals surface area contributed by atoms with Crippen molar-refractivity contribution in [3.8, 4) is 0 Å². The molecule has 1 atom stereocenters. The summed E-state index contributed by atoms with van der Waals surface area (Å²) in [6.07, 6.45) is 1.28. The van der Waals surface area contributed by atoms with Crippen molar-refractivity contribution in [2.45, 2.75) is 6.17 Å². The zero-order valence-corrected chi connectivity index (χ0v) is 14.5. The average Bonchev–Trinajstić information content (AvgIpc) is 2.67.